The Hall–Kier alpha value is -3.35. The first-order chi connectivity index (χ1) is 13.7. The van der Waals surface area contributed by atoms with Crippen molar-refractivity contribution in [1.29, 1.82) is 0 Å². The molecule has 144 valence electrons. The summed E-state index contributed by atoms with van der Waals surface area (Å²) in [6.45, 7) is 3.00. The predicted octanol–water partition coefficient (Wildman–Crippen LogP) is 2.13. The lowest BCUT2D eigenvalue weighted by atomic mass is 10.1. The Bertz CT molecular complexity index is 976. The zero-order chi connectivity index (χ0) is 19.3. The normalized spacial score (nSPS) is 14.3. The third-order valence-electron chi connectivity index (χ3n) is 5.13. The summed E-state index contributed by atoms with van der Waals surface area (Å²) >= 11 is 0. The average Bonchev–Trinajstić information content (AvgIpc) is 3.17. The van der Waals surface area contributed by atoms with E-state index in [-0.39, 0.29) is 5.91 Å². The van der Waals surface area contributed by atoms with Gasteiger partial charge in [0.1, 0.15) is 5.82 Å². The predicted molar refractivity (Wildman–Crippen MR) is 108 cm³/mol. The fourth-order valence-corrected chi connectivity index (χ4v) is 3.54. The van der Waals surface area contributed by atoms with Crippen LogP contribution in [0.25, 0.3) is 10.9 Å². The summed E-state index contributed by atoms with van der Waals surface area (Å²) in [6, 6.07) is 11.8. The largest absolute Gasteiger partial charge is 0.370 e. The number of fused-ring (bicyclic) bond motifs is 1. The summed E-state index contributed by atoms with van der Waals surface area (Å²) < 4.78 is 0. The molecule has 1 aromatic carbocycles. The summed E-state index contributed by atoms with van der Waals surface area (Å²) in [5.74, 6) is 0.671. The van der Waals surface area contributed by atoms with E-state index < -0.39 is 0 Å². The quantitative estimate of drug-likeness (QED) is 0.645. The molecular weight excluding hydrogens is 354 g/mol. The van der Waals surface area contributed by atoms with Gasteiger partial charge < -0.3 is 20.1 Å². The van der Waals surface area contributed by atoms with Crippen molar-refractivity contribution in [2.75, 3.05) is 38.0 Å². The van der Waals surface area contributed by atoms with Crippen LogP contribution in [-0.2, 0) is 11.2 Å². The van der Waals surface area contributed by atoms with Crippen LogP contribution in [0.2, 0.25) is 0 Å². The number of benzene rings is 1. The minimum absolute atomic E-state index is 0.0207. The number of amides is 2. The Labute approximate surface area is 163 Å². The third kappa shape index (κ3) is 3.83. The molecule has 0 spiro atoms. The molecule has 7 heteroatoms. The van der Waals surface area contributed by atoms with Gasteiger partial charge in [0, 0.05) is 61.6 Å². The molecule has 4 rings (SSSR count). The van der Waals surface area contributed by atoms with Gasteiger partial charge in [-0.25, -0.2) is 4.98 Å². The first kappa shape index (κ1) is 18.0. The fourth-order valence-electron chi connectivity index (χ4n) is 3.54. The highest BCUT2D eigenvalue weighted by Crippen LogP contribution is 2.18. The lowest BCUT2D eigenvalue weighted by Gasteiger charge is -2.32. The number of anilines is 1. The zero-order valence-electron chi connectivity index (χ0n) is 15.6. The van der Waals surface area contributed by atoms with Crippen molar-refractivity contribution < 1.29 is 9.59 Å². The maximum atomic E-state index is 12.7. The molecule has 2 N–H and O–H groups in total. The van der Waals surface area contributed by atoms with E-state index in [4.69, 9.17) is 0 Å². The molecule has 1 fully saturated rings. The van der Waals surface area contributed by atoms with Crippen molar-refractivity contribution in [3.8, 4) is 0 Å². The van der Waals surface area contributed by atoms with E-state index in [2.05, 4.69) is 27.4 Å². The average molecular weight is 377 g/mol. The number of hydrogen-bond acceptors (Lipinski definition) is 4. The lowest BCUT2D eigenvalue weighted by Crippen LogP contribution is -2.48. The van der Waals surface area contributed by atoms with E-state index in [9.17, 15) is 9.59 Å². The summed E-state index contributed by atoms with van der Waals surface area (Å²) in [7, 11) is 0. The number of hydrogen-bond donors (Lipinski definition) is 2. The number of nitrogens with zero attached hydrogens (tertiary/aromatic N) is 3. The molecule has 1 aliphatic rings. The van der Waals surface area contributed by atoms with Gasteiger partial charge in [0.2, 0.25) is 6.41 Å². The Balaban J connectivity index is 1.36. The highest BCUT2D eigenvalue weighted by atomic mass is 16.2. The van der Waals surface area contributed by atoms with E-state index in [0.717, 1.165) is 24.9 Å². The standard InChI is InChI=1S/C21H23N5O2/c27-15-25-9-11-26(12-10-25)21(28)16-5-7-22-20(13-16)23-8-6-17-14-24-19-4-2-1-3-18(17)19/h1-5,7,13-15,24H,6,8-12H2,(H,22,23). The number of piperazine rings is 1. The molecule has 2 aromatic heterocycles. The van der Waals surface area contributed by atoms with E-state index in [1.807, 2.05) is 18.3 Å². The summed E-state index contributed by atoms with van der Waals surface area (Å²) in [6.07, 6.45) is 5.39. The van der Waals surface area contributed by atoms with E-state index >= 15 is 0 Å². The molecule has 2 amide bonds. The molecule has 3 aromatic rings. The molecule has 7 nitrogen and oxygen atoms in total. The maximum Gasteiger partial charge on any atom is 0.254 e. The van der Waals surface area contributed by atoms with Crippen LogP contribution in [0.3, 0.4) is 0 Å². The van der Waals surface area contributed by atoms with Crippen LogP contribution < -0.4 is 5.32 Å². The van der Waals surface area contributed by atoms with Crippen molar-refractivity contribution in [2.24, 2.45) is 0 Å². The summed E-state index contributed by atoms with van der Waals surface area (Å²) in [5, 5.41) is 4.54. The van der Waals surface area contributed by atoms with Gasteiger partial charge in [-0.1, -0.05) is 18.2 Å². The first-order valence-electron chi connectivity index (χ1n) is 9.48. The van der Waals surface area contributed by atoms with Gasteiger partial charge in [0.25, 0.3) is 5.91 Å². The molecule has 0 aliphatic carbocycles. The Kier molecular flexibility index (Phi) is 5.23. The number of aromatic amines is 1. The maximum absolute atomic E-state index is 12.7. The number of aromatic nitrogens is 2. The van der Waals surface area contributed by atoms with Crippen LogP contribution in [-0.4, -0.2) is 64.8 Å². The van der Waals surface area contributed by atoms with Crippen molar-refractivity contribution in [3.63, 3.8) is 0 Å². The van der Waals surface area contributed by atoms with Crippen LogP contribution >= 0.6 is 0 Å². The second kappa shape index (κ2) is 8.12. The number of rotatable bonds is 6. The van der Waals surface area contributed by atoms with Gasteiger partial charge in [-0.2, -0.15) is 0 Å². The number of nitrogens with one attached hydrogen (secondary N) is 2. The van der Waals surface area contributed by atoms with Crippen LogP contribution in [0.15, 0.2) is 48.8 Å². The van der Waals surface area contributed by atoms with E-state index in [1.165, 1.54) is 10.9 Å². The Morgan fingerprint density at radius 2 is 2.00 bits per heavy atom. The zero-order valence-corrected chi connectivity index (χ0v) is 15.6. The van der Waals surface area contributed by atoms with Crippen molar-refractivity contribution in [1.82, 2.24) is 19.8 Å². The number of H-pyrrole nitrogens is 1. The minimum Gasteiger partial charge on any atom is -0.370 e. The number of carbonyl (C=O) groups excluding carboxylic acids is 2. The van der Waals surface area contributed by atoms with Gasteiger partial charge in [-0.15, -0.1) is 0 Å². The molecule has 1 aliphatic heterocycles. The lowest BCUT2D eigenvalue weighted by molar-refractivity contribution is -0.119. The van der Waals surface area contributed by atoms with Gasteiger partial charge in [0.05, 0.1) is 0 Å². The van der Waals surface area contributed by atoms with Crippen LogP contribution in [0.5, 0.6) is 0 Å². The van der Waals surface area contributed by atoms with E-state index in [1.54, 1.807) is 28.1 Å². The van der Waals surface area contributed by atoms with Gasteiger partial charge >= 0.3 is 0 Å². The third-order valence-corrected chi connectivity index (χ3v) is 5.13. The SMILES string of the molecule is O=CN1CCN(C(=O)c2ccnc(NCCc3c[nH]c4ccccc34)c2)CC1. The first-order valence-corrected chi connectivity index (χ1v) is 9.48. The summed E-state index contributed by atoms with van der Waals surface area (Å²) in [4.78, 5) is 34.6. The topological polar surface area (TPSA) is 81.3 Å². The molecule has 0 unspecified atom stereocenters. The van der Waals surface area contributed by atoms with Crippen molar-refractivity contribution in [3.05, 3.63) is 59.9 Å². The number of carbonyl (C=O) groups is 2. The molecule has 0 atom stereocenters. The molecular formula is C21H23N5O2. The fraction of sp³-hybridized carbons (Fsp3) is 0.286. The summed E-state index contributed by atoms with van der Waals surface area (Å²) in [5.41, 5.74) is 3.01. The second-order valence-electron chi connectivity index (χ2n) is 6.90. The van der Waals surface area contributed by atoms with Gasteiger partial charge in [0.15, 0.2) is 0 Å². The van der Waals surface area contributed by atoms with Crippen molar-refractivity contribution in [2.45, 2.75) is 6.42 Å². The van der Waals surface area contributed by atoms with Crippen LogP contribution in [0.4, 0.5) is 5.82 Å². The highest BCUT2D eigenvalue weighted by Gasteiger charge is 2.21. The monoisotopic (exact) mass is 377 g/mol. The van der Waals surface area contributed by atoms with Crippen molar-refractivity contribution >= 4 is 29.0 Å². The molecule has 0 bridgehead atoms. The molecule has 3 heterocycles. The van der Waals surface area contributed by atoms with Crippen LogP contribution in [0.1, 0.15) is 15.9 Å². The number of pyridine rings is 1. The van der Waals surface area contributed by atoms with Crippen LogP contribution in [0, 0.1) is 0 Å². The smallest absolute Gasteiger partial charge is 0.254 e. The Morgan fingerprint density at radius 1 is 1.18 bits per heavy atom. The molecule has 1 saturated heterocycles. The second-order valence-corrected chi connectivity index (χ2v) is 6.90. The Morgan fingerprint density at radius 3 is 2.82 bits per heavy atom. The molecule has 28 heavy (non-hydrogen) atoms. The molecule has 0 radical (unpaired) electrons. The molecule has 0 saturated carbocycles. The van der Waals surface area contributed by atoms with E-state index in [0.29, 0.717) is 37.6 Å². The highest BCUT2D eigenvalue weighted by molar-refractivity contribution is 5.95. The minimum atomic E-state index is -0.0207. The van der Waals surface area contributed by atoms with Gasteiger partial charge in [-0.3, -0.25) is 9.59 Å². The van der Waals surface area contributed by atoms with Gasteiger partial charge in [-0.05, 0) is 30.2 Å². The number of para-hydroxylation sites is 1.